The molecule has 5 heteroatoms. The number of terminal acetylenes is 1. The maximum absolute atomic E-state index is 12.1. The summed E-state index contributed by atoms with van der Waals surface area (Å²) in [6, 6.07) is 0. The van der Waals surface area contributed by atoms with E-state index >= 15 is 0 Å². The lowest BCUT2D eigenvalue weighted by atomic mass is 10.2. The van der Waals surface area contributed by atoms with E-state index in [1.807, 2.05) is 13.8 Å². The summed E-state index contributed by atoms with van der Waals surface area (Å²) < 4.78 is 3.83. The third-order valence-corrected chi connectivity index (χ3v) is 2.94. The molecule has 0 aliphatic rings. The van der Waals surface area contributed by atoms with Gasteiger partial charge in [-0.2, -0.15) is 0 Å². The van der Waals surface area contributed by atoms with Crippen LogP contribution in [-0.2, 0) is 6.42 Å². The molecule has 0 saturated carbocycles. The van der Waals surface area contributed by atoms with Crippen LogP contribution in [0.15, 0.2) is 0 Å². The number of aryl methyl sites for hydroxylation is 1. The molecular weight excluding hydrogens is 222 g/mol. The Morgan fingerprint density at radius 2 is 2.31 bits per heavy atom. The van der Waals surface area contributed by atoms with Crippen molar-refractivity contribution in [3.63, 3.8) is 0 Å². The molecule has 0 aliphatic heterocycles. The molecule has 0 spiro atoms. The van der Waals surface area contributed by atoms with E-state index in [1.165, 1.54) is 0 Å². The average Bonchev–Trinajstić information content (AvgIpc) is 2.73. The molecule has 1 heterocycles. The molecule has 0 atom stereocenters. The van der Waals surface area contributed by atoms with Crippen LogP contribution in [0.2, 0.25) is 0 Å². The van der Waals surface area contributed by atoms with E-state index in [2.05, 4.69) is 15.5 Å². The van der Waals surface area contributed by atoms with Crippen molar-refractivity contribution in [2.24, 2.45) is 0 Å². The van der Waals surface area contributed by atoms with Crippen LogP contribution in [0.1, 0.15) is 35.6 Å². The van der Waals surface area contributed by atoms with Crippen molar-refractivity contribution in [1.29, 1.82) is 0 Å². The van der Waals surface area contributed by atoms with Crippen LogP contribution in [0.3, 0.4) is 0 Å². The molecule has 0 bridgehead atoms. The molecule has 1 aromatic rings. The Bertz CT molecular complexity index is 394. The summed E-state index contributed by atoms with van der Waals surface area (Å²) in [5.41, 5.74) is 0.785. The zero-order chi connectivity index (χ0) is 12.0. The van der Waals surface area contributed by atoms with Crippen LogP contribution >= 0.6 is 11.5 Å². The van der Waals surface area contributed by atoms with Gasteiger partial charge in [-0.3, -0.25) is 4.79 Å². The van der Waals surface area contributed by atoms with Gasteiger partial charge in [0.2, 0.25) is 0 Å². The number of carbonyl (C=O) groups excluding carboxylic acids is 1. The predicted molar refractivity (Wildman–Crippen MR) is 64.3 cm³/mol. The van der Waals surface area contributed by atoms with Gasteiger partial charge in [0, 0.05) is 6.54 Å². The molecule has 0 aromatic carbocycles. The minimum atomic E-state index is -0.0566. The van der Waals surface area contributed by atoms with E-state index < -0.39 is 0 Å². The highest BCUT2D eigenvalue weighted by Crippen LogP contribution is 2.15. The van der Waals surface area contributed by atoms with Crippen LogP contribution in [0, 0.1) is 12.3 Å². The lowest BCUT2D eigenvalue weighted by Crippen LogP contribution is -2.31. The largest absolute Gasteiger partial charge is 0.327 e. The topological polar surface area (TPSA) is 46.1 Å². The third-order valence-electron chi connectivity index (χ3n) is 2.19. The van der Waals surface area contributed by atoms with Crippen molar-refractivity contribution < 1.29 is 4.79 Å². The van der Waals surface area contributed by atoms with E-state index in [-0.39, 0.29) is 5.91 Å². The van der Waals surface area contributed by atoms with Crippen molar-refractivity contribution in [3.8, 4) is 12.3 Å². The van der Waals surface area contributed by atoms with Gasteiger partial charge >= 0.3 is 0 Å². The molecule has 1 amide bonds. The lowest BCUT2D eigenvalue weighted by Gasteiger charge is -2.16. The Labute approximate surface area is 99.8 Å². The van der Waals surface area contributed by atoms with Gasteiger partial charge in [-0.15, -0.1) is 11.5 Å². The van der Waals surface area contributed by atoms with Gasteiger partial charge in [-0.1, -0.05) is 23.8 Å². The Hall–Kier alpha value is -1.41. The number of rotatable bonds is 5. The van der Waals surface area contributed by atoms with E-state index in [0.717, 1.165) is 30.1 Å². The molecule has 0 unspecified atom stereocenters. The zero-order valence-electron chi connectivity index (χ0n) is 9.56. The quantitative estimate of drug-likeness (QED) is 0.730. The van der Waals surface area contributed by atoms with Crippen LogP contribution < -0.4 is 0 Å². The van der Waals surface area contributed by atoms with Gasteiger partial charge < -0.3 is 4.90 Å². The number of aromatic nitrogens is 2. The smallest absolute Gasteiger partial charge is 0.268 e. The summed E-state index contributed by atoms with van der Waals surface area (Å²) in [7, 11) is 0. The maximum Gasteiger partial charge on any atom is 0.268 e. The summed E-state index contributed by atoms with van der Waals surface area (Å²) in [5, 5.41) is 3.97. The first-order chi connectivity index (χ1) is 7.74. The van der Waals surface area contributed by atoms with Crippen molar-refractivity contribution in [2.75, 3.05) is 13.1 Å². The SMILES string of the molecule is C#CCN(CC)C(=O)c1snnc1CCC. The Kier molecular flexibility index (Phi) is 4.93. The van der Waals surface area contributed by atoms with E-state index in [0.29, 0.717) is 18.0 Å². The van der Waals surface area contributed by atoms with E-state index in [1.54, 1.807) is 4.90 Å². The highest BCUT2D eigenvalue weighted by molar-refractivity contribution is 7.08. The average molecular weight is 237 g/mol. The molecule has 1 rings (SSSR count). The van der Waals surface area contributed by atoms with Gasteiger partial charge in [0.1, 0.15) is 4.88 Å². The summed E-state index contributed by atoms with van der Waals surface area (Å²) in [4.78, 5) is 14.3. The van der Waals surface area contributed by atoms with E-state index in [4.69, 9.17) is 6.42 Å². The van der Waals surface area contributed by atoms with Crippen molar-refractivity contribution in [1.82, 2.24) is 14.5 Å². The van der Waals surface area contributed by atoms with Crippen molar-refractivity contribution in [2.45, 2.75) is 26.7 Å². The van der Waals surface area contributed by atoms with Gasteiger partial charge in [0.25, 0.3) is 5.91 Å². The van der Waals surface area contributed by atoms with Crippen LogP contribution in [0.4, 0.5) is 0 Å². The van der Waals surface area contributed by atoms with Crippen LogP contribution in [-0.4, -0.2) is 33.5 Å². The molecule has 0 saturated heterocycles. The second-order valence-electron chi connectivity index (χ2n) is 3.32. The van der Waals surface area contributed by atoms with Gasteiger partial charge in [0.05, 0.1) is 12.2 Å². The molecule has 16 heavy (non-hydrogen) atoms. The van der Waals surface area contributed by atoms with Crippen molar-refractivity contribution in [3.05, 3.63) is 10.6 Å². The summed E-state index contributed by atoms with van der Waals surface area (Å²) in [6.45, 7) is 4.89. The minimum Gasteiger partial charge on any atom is -0.327 e. The first-order valence-electron chi connectivity index (χ1n) is 5.28. The highest BCUT2D eigenvalue weighted by atomic mass is 32.1. The van der Waals surface area contributed by atoms with Gasteiger partial charge in [-0.25, -0.2) is 0 Å². The normalized spacial score (nSPS) is 9.81. The number of nitrogens with zero attached hydrogens (tertiary/aromatic N) is 3. The second-order valence-corrected chi connectivity index (χ2v) is 4.08. The summed E-state index contributed by atoms with van der Waals surface area (Å²) in [6.07, 6.45) is 6.96. The molecule has 0 fully saturated rings. The fraction of sp³-hybridized carbons (Fsp3) is 0.545. The number of hydrogen-bond donors (Lipinski definition) is 0. The molecule has 0 aliphatic carbocycles. The number of carbonyl (C=O) groups is 1. The first-order valence-corrected chi connectivity index (χ1v) is 6.05. The molecule has 86 valence electrons. The zero-order valence-corrected chi connectivity index (χ0v) is 10.4. The highest BCUT2D eigenvalue weighted by Gasteiger charge is 2.20. The molecule has 4 nitrogen and oxygen atoms in total. The number of hydrogen-bond acceptors (Lipinski definition) is 4. The fourth-order valence-corrected chi connectivity index (χ4v) is 2.03. The summed E-state index contributed by atoms with van der Waals surface area (Å²) >= 11 is 1.15. The first kappa shape index (κ1) is 12.7. The third kappa shape index (κ3) is 2.80. The van der Waals surface area contributed by atoms with Crippen molar-refractivity contribution >= 4 is 17.4 Å². The van der Waals surface area contributed by atoms with E-state index in [9.17, 15) is 4.79 Å². The minimum absolute atomic E-state index is 0.0566. The van der Waals surface area contributed by atoms with Gasteiger partial charge in [-0.05, 0) is 24.9 Å². The molecule has 0 radical (unpaired) electrons. The lowest BCUT2D eigenvalue weighted by molar-refractivity contribution is 0.0788. The Balaban J connectivity index is 2.86. The van der Waals surface area contributed by atoms with Crippen LogP contribution in [0.25, 0.3) is 0 Å². The maximum atomic E-state index is 12.1. The van der Waals surface area contributed by atoms with Crippen LogP contribution in [0.5, 0.6) is 0 Å². The molecule has 1 aromatic heterocycles. The molecular formula is C11H15N3OS. The predicted octanol–water partition coefficient (Wildman–Crippen LogP) is 1.59. The fourth-order valence-electron chi connectivity index (χ4n) is 1.35. The summed E-state index contributed by atoms with van der Waals surface area (Å²) in [5.74, 6) is 2.43. The monoisotopic (exact) mass is 237 g/mol. The second kappa shape index (κ2) is 6.23. The Morgan fingerprint density at radius 3 is 2.88 bits per heavy atom. The van der Waals surface area contributed by atoms with Gasteiger partial charge in [0.15, 0.2) is 0 Å². The standard InChI is InChI=1S/C11H15N3OS/c1-4-7-9-10(16-13-12-9)11(15)14(6-3)8-5-2/h2H,4,6-8H2,1,3H3. The number of amides is 1. The molecule has 0 N–H and O–H groups in total. The Morgan fingerprint density at radius 1 is 1.56 bits per heavy atom.